The Bertz CT molecular complexity index is 607. The van der Waals surface area contributed by atoms with E-state index in [0.717, 1.165) is 25.8 Å². The van der Waals surface area contributed by atoms with Gasteiger partial charge < -0.3 is 9.80 Å². The fourth-order valence-electron chi connectivity index (χ4n) is 3.22. The molecule has 0 unspecified atom stereocenters. The number of likely N-dealkylation sites (tertiary alicyclic amines) is 1. The van der Waals surface area contributed by atoms with Crippen molar-refractivity contribution in [2.24, 2.45) is 0 Å². The van der Waals surface area contributed by atoms with E-state index in [9.17, 15) is 9.59 Å². The van der Waals surface area contributed by atoms with E-state index < -0.39 is 0 Å². The molecular formula is C19H26N2O2. The van der Waals surface area contributed by atoms with Crippen molar-refractivity contribution in [1.82, 2.24) is 9.80 Å². The van der Waals surface area contributed by atoms with Crippen molar-refractivity contribution in [2.45, 2.75) is 58.5 Å². The first-order valence-corrected chi connectivity index (χ1v) is 8.68. The standard InChI is InChI=1S/C19H26N2O2/c1-14-5-6-16(12-15(14)2)13-21(17-7-8-17)19(23)9-11-20-10-3-4-18(20)22/h5-6,12,17H,3-4,7-11,13H2,1-2H3. The maximum Gasteiger partial charge on any atom is 0.224 e. The largest absolute Gasteiger partial charge is 0.342 e. The van der Waals surface area contributed by atoms with Crippen LogP contribution in [0.2, 0.25) is 0 Å². The van der Waals surface area contributed by atoms with E-state index in [1.807, 2.05) is 9.80 Å². The topological polar surface area (TPSA) is 40.6 Å². The van der Waals surface area contributed by atoms with Crippen molar-refractivity contribution in [1.29, 1.82) is 0 Å². The first-order chi connectivity index (χ1) is 11.0. The predicted octanol–water partition coefficient (Wildman–Crippen LogP) is 2.81. The van der Waals surface area contributed by atoms with Gasteiger partial charge in [-0.1, -0.05) is 18.2 Å². The van der Waals surface area contributed by atoms with Crippen LogP contribution in [-0.4, -0.2) is 40.7 Å². The summed E-state index contributed by atoms with van der Waals surface area (Å²) in [6.07, 6.45) is 4.25. The minimum absolute atomic E-state index is 0.186. The molecule has 3 rings (SSSR count). The van der Waals surface area contributed by atoms with Crippen molar-refractivity contribution in [3.05, 3.63) is 34.9 Å². The Kier molecular flexibility index (Phi) is 4.69. The zero-order valence-corrected chi connectivity index (χ0v) is 14.2. The Morgan fingerprint density at radius 3 is 2.65 bits per heavy atom. The lowest BCUT2D eigenvalue weighted by molar-refractivity contribution is -0.133. The van der Waals surface area contributed by atoms with Gasteiger partial charge in [-0.2, -0.15) is 0 Å². The molecule has 1 aromatic carbocycles. The Balaban J connectivity index is 1.60. The summed E-state index contributed by atoms with van der Waals surface area (Å²) >= 11 is 0. The molecule has 0 N–H and O–H groups in total. The van der Waals surface area contributed by atoms with Crippen LogP contribution in [0.25, 0.3) is 0 Å². The zero-order valence-electron chi connectivity index (χ0n) is 14.2. The molecule has 0 aromatic heterocycles. The minimum Gasteiger partial charge on any atom is -0.342 e. The molecule has 2 fully saturated rings. The number of rotatable bonds is 6. The quantitative estimate of drug-likeness (QED) is 0.810. The summed E-state index contributed by atoms with van der Waals surface area (Å²) in [5.41, 5.74) is 3.75. The Hall–Kier alpha value is -1.84. The molecule has 124 valence electrons. The normalized spacial score (nSPS) is 17.7. The average molecular weight is 314 g/mol. The summed E-state index contributed by atoms with van der Waals surface area (Å²) in [4.78, 5) is 28.1. The van der Waals surface area contributed by atoms with Crippen LogP contribution in [0.15, 0.2) is 18.2 Å². The molecular weight excluding hydrogens is 288 g/mol. The Morgan fingerprint density at radius 1 is 1.26 bits per heavy atom. The molecule has 23 heavy (non-hydrogen) atoms. The molecule has 1 aromatic rings. The molecule has 0 spiro atoms. The summed E-state index contributed by atoms with van der Waals surface area (Å²) in [5.74, 6) is 0.385. The highest BCUT2D eigenvalue weighted by Crippen LogP contribution is 2.29. The third-order valence-electron chi connectivity index (χ3n) is 5.00. The molecule has 0 atom stereocenters. The molecule has 1 saturated carbocycles. The molecule has 1 aliphatic heterocycles. The second-order valence-electron chi connectivity index (χ2n) is 6.91. The van der Waals surface area contributed by atoms with E-state index in [2.05, 4.69) is 32.0 Å². The van der Waals surface area contributed by atoms with Crippen LogP contribution in [-0.2, 0) is 16.1 Å². The highest BCUT2D eigenvalue weighted by Gasteiger charge is 2.33. The molecule has 1 saturated heterocycles. The van der Waals surface area contributed by atoms with Gasteiger partial charge in [0, 0.05) is 38.5 Å². The van der Waals surface area contributed by atoms with E-state index >= 15 is 0 Å². The first-order valence-electron chi connectivity index (χ1n) is 8.68. The van der Waals surface area contributed by atoms with Gasteiger partial charge in [-0.25, -0.2) is 0 Å². The van der Waals surface area contributed by atoms with E-state index in [0.29, 0.717) is 32.0 Å². The van der Waals surface area contributed by atoms with E-state index in [1.54, 1.807) is 0 Å². The molecule has 0 bridgehead atoms. The highest BCUT2D eigenvalue weighted by atomic mass is 16.2. The third kappa shape index (κ3) is 3.92. The number of benzene rings is 1. The number of carbonyl (C=O) groups is 2. The van der Waals surface area contributed by atoms with Crippen LogP contribution in [0.5, 0.6) is 0 Å². The van der Waals surface area contributed by atoms with Gasteiger partial charge in [0.15, 0.2) is 0 Å². The second kappa shape index (κ2) is 6.73. The van der Waals surface area contributed by atoms with Gasteiger partial charge in [0.25, 0.3) is 0 Å². The summed E-state index contributed by atoms with van der Waals surface area (Å²) < 4.78 is 0. The monoisotopic (exact) mass is 314 g/mol. The highest BCUT2D eigenvalue weighted by molar-refractivity contribution is 5.80. The van der Waals surface area contributed by atoms with Crippen molar-refractivity contribution in [2.75, 3.05) is 13.1 Å². The van der Waals surface area contributed by atoms with Gasteiger partial charge in [-0.15, -0.1) is 0 Å². The summed E-state index contributed by atoms with van der Waals surface area (Å²) in [5, 5.41) is 0. The van der Waals surface area contributed by atoms with Gasteiger partial charge >= 0.3 is 0 Å². The number of hydrogen-bond donors (Lipinski definition) is 0. The average Bonchev–Trinajstić information content (AvgIpc) is 3.28. The van der Waals surface area contributed by atoms with Gasteiger partial charge in [0.05, 0.1) is 0 Å². The maximum absolute atomic E-state index is 12.6. The number of nitrogens with zero attached hydrogens (tertiary/aromatic N) is 2. The minimum atomic E-state index is 0.186. The van der Waals surface area contributed by atoms with Crippen molar-refractivity contribution < 1.29 is 9.59 Å². The molecule has 1 aliphatic carbocycles. The maximum atomic E-state index is 12.6. The summed E-state index contributed by atoms with van der Waals surface area (Å²) in [6.45, 7) is 6.30. The fourth-order valence-corrected chi connectivity index (χ4v) is 3.22. The number of hydrogen-bond acceptors (Lipinski definition) is 2. The van der Waals surface area contributed by atoms with Crippen LogP contribution < -0.4 is 0 Å². The molecule has 1 heterocycles. The van der Waals surface area contributed by atoms with Gasteiger partial charge in [-0.3, -0.25) is 9.59 Å². The van der Waals surface area contributed by atoms with Gasteiger partial charge in [0.2, 0.25) is 11.8 Å². The number of carbonyl (C=O) groups excluding carboxylic acids is 2. The van der Waals surface area contributed by atoms with Crippen LogP contribution in [0.1, 0.15) is 48.8 Å². The molecule has 2 aliphatic rings. The lowest BCUT2D eigenvalue weighted by Gasteiger charge is -2.24. The van der Waals surface area contributed by atoms with E-state index in [-0.39, 0.29) is 11.8 Å². The number of aryl methyl sites for hydroxylation is 2. The van der Waals surface area contributed by atoms with Crippen LogP contribution >= 0.6 is 0 Å². The van der Waals surface area contributed by atoms with E-state index in [4.69, 9.17) is 0 Å². The molecule has 4 heteroatoms. The van der Waals surface area contributed by atoms with Crippen LogP contribution in [0.4, 0.5) is 0 Å². The summed E-state index contributed by atoms with van der Waals surface area (Å²) in [6, 6.07) is 6.83. The lowest BCUT2D eigenvalue weighted by atomic mass is 10.1. The van der Waals surface area contributed by atoms with Crippen LogP contribution in [0.3, 0.4) is 0 Å². The Morgan fingerprint density at radius 2 is 2.04 bits per heavy atom. The fraction of sp³-hybridized carbons (Fsp3) is 0.579. The van der Waals surface area contributed by atoms with Gasteiger partial charge in [-0.05, 0) is 49.8 Å². The smallest absolute Gasteiger partial charge is 0.224 e. The van der Waals surface area contributed by atoms with Crippen LogP contribution in [0, 0.1) is 13.8 Å². The molecule has 2 amide bonds. The molecule has 0 radical (unpaired) electrons. The summed E-state index contributed by atoms with van der Waals surface area (Å²) in [7, 11) is 0. The zero-order chi connectivity index (χ0) is 16.4. The first kappa shape index (κ1) is 16.0. The van der Waals surface area contributed by atoms with E-state index in [1.165, 1.54) is 16.7 Å². The Labute approximate surface area is 138 Å². The number of amides is 2. The predicted molar refractivity (Wildman–Crippen MR) is 89.9 cm³/mol. The van der Waals surface area contributed by atoms with Crippen molar-refractivity contribution >= 4 is 11.8 Å². The second-order valence-corrected chi connectivity index (χ2v) is 6.91. The third-order valence-corrected chi connectivity index (χ3v) is 5.00. The molecule has 4 nitrogen and oxygen atoms in total. The van der Waals surface area contributed by atoms with Crippen molar-refractivity contribution in [3.63, 3.8) is 0 Å². The van der Waals surface area contributed by atoms with Gasteiger partial charge in [0.1, 0.15) is 0 Å². The van der Waals surface area contributed by atoms with Crippen molar-refractivity contribution in [3.8, 4) is 0 Å². The SMILES string of the molecule is Cc1ccc(CN(C(=O)CCN2CCCC2=O)C2CC2)cc1C. The lowest BCUT2D eigenvalue weighted by Crippen LogP contribution is -2.36.